The van der Waals surface area contributed by atoms with E-state index >= 15 is 0 Å². The van der Waals surface area contributed by atoms with Gasteiger partial charge in [0.25, 0.3) is 0 Å². The number of aliphatic hydroxyl groups excluding tert-OH is 2. The Morgan fingerprint density at radius 1 is 0.438 bits per heavy atom. The predicted octanol–water partition coefficient (Wildman–Crippen LogP) is 9.52. The maximum absolute atomic E-state index is 13.3. The van der Waals surface area contributed by atoms with Gasteiger partial charge in [0.2, 0.25) is 0 Å². The van der Waals surface area contributed by atoms with E-state index in [1.54, 1.807) is 0 Å². The summed E-state index contributed by atoms with van der Waals surface area (Å²) in [7, 11) is -23.1. The second-order valence-electron chi connectivity index (χ2n) is 18.0. The molecule has 0 saturated heterocycles. The van der Waals surface area contributed by atoms with Gasteiger partial charge in [0.1, 0.15) is 43.2 Å². The molecule has 1 saturated carbocycles. The molecule has 0 aromatic rings. The topological polar surface area (TPSA) is 349 Å². The Kier molecular flexibility index (Phi) is 37.6. The molecule has 0 aromatic heterocycles. The van der Waals surface area contributed by atoms with E-state index in [0.29, 0.717) is 25.7 Å². The van der Waals surface area contributed by atoms with Gasteiger partial charge in [-0.25, -0.2) is 18.3 Å². The smallest absolute Gasteiger partial charge is 0.462 e. The number of carbonyl (C=O) groups excluding carboxylic acids is 2. The number of aliphatic hydroxyl groups is 2. The van der Waals surface area contributed by atoms with Crippen LogP contribution in [0.1, 0.15) is 181 Å². The highest BCUT2D eigenvalue weighted by molar-refractivity contribution is 7.47. The lowest BCUT2D eigenvalue weighted by Gasteiger charge is -2.45. The fraction of sp³-hybridized carbons (Fsp3) is 0.787. The van der Waals surface area contributed by atoms with Gasteiger partial charge in [-0.1, -0.05) is 146 Å². The van der Waals surface area contributed by atoms with E-state index in [-0.39, 0.29) is 12.8 Å². The van der Waals surface area contributed by atoms with E-state index in [9.17, 15) is 72.3 Å². The van der Waals surface area contributed by atoms with Crippen LogP contribution in [0, 0.1) is 0 Å². The Hall–Kier alpha value is -1.74. The molecule has 22 nitrogen and oxygen atoms in total. The van der Waals surface area contributed by atoms with E-state index in [2.05, 4.69) is 57.8 Å². The molecular formula is C47H86O22P4. The van der Waals surface area contributed by atoms with Gasteiger partial charge in [-0.3, -0.25) is 32.2 Å². The molecule has 1 aliphatic rings. The molecule has 0 bridgehead atoms. The second-order valence-corrected chi connectivity index (χ2v) is 22.9. The predicted molar refractivity (Wildman–Crippen MR) is 272 cm³/mol. The van der Waals surface area contributed by atoms with Gasteiger partial charge in [0.05, 0.1) is 6.61 Å². The quantitative estimate of drug-likeness (QED) is 0.0119. The summed E-state index contributed by atoms with van der Waals surface area (Å²) in [5, 5.41) is 21.9. The highest BCUT2D eigenvalue weighted by Gasteiger charge is 2.59. The Bertz CT molecular complexity index is 1770. The molecule has 9 N–H and O–H groups in total. The van der Waals surface area contributed by atoms with Crippen LogP contribution in [0.2, 0.25) is 0 Å². The molecule has 0 aromatic carbocycles. The van der Waals surface area contributed by atoms with E-state index < -0.39 is 99.2 Å². The standard InChI is InChI=1S/C47H86O22P4/c1-3-5-7-9-11-13-15-17-19-20-22-24-26-28-30-32-34-36-41(49)65-39(37-63-40(48)35-33-31-29-27-25-23-21-18-16-14-12-10-8-6-4-2)38-64-73(61,62)69-44-42(50)45(66-70(52,53)54)47(68-72(58,59)60)46(43(44)51)67-71(55,56)57/h17-19,21-22,24,28,30,39,42-47,50-51H,3-16,20,23,25-27,29,31-38H2,1-2H3,(H,61,62)(H2,52,53,54)(H2,55,56,57)(H2,58,59,60). The van der Waals surface area contributed by atoms with E-state index in [0.717, 1.165) is 51.4 Å². The largest absolute Gasteiger partial charge is 0.472 e. The van der Waals surface area contributed by atoms with Crippen molar-refractivity contribution in [3.05, 3.63) is 48.6 Å². The van der Waals surface area contributed by atoms with Crippen LogP contribution in [0.3, 0.4) is 0 Å². The third kappa shape index (κ3) is 37.6. The Morgan fingerprint density at radius 2 is 0.808 bits per heavy atom. The molecule has 1 aliphatic carbocycles. The van der Waals surface area contributed by atoms with Crippen LogP contribution >= 0.6 is 31.3 Å². The maximum atomic E-state index is 13.3. The summed E-state index contributed by atoms with van der Waals surface area (Å²) in [6, 6.07) is 0. The molecule has 1 rings (SSSR count). The first-order chi connectivity index (χ1) is 34.5. The number of phosphoric ester groups is 4. The average molecular weight is 1130 g/mol. The molecular weight excluding hydrogens is 1040 g/mol. The van der Waals surface area contributed by atoms with Crippen molar-refractivity contribution < 1.29 is 104 Å². The average Bonchev–Trinajstić information content (AvgIpc) is 3.30. The highest BCUT2D eigenvalue weighted by Crippen LogP contribution is 2.53. The first-order valence-corrected chi connectivity index (χ1v) is 31.8. The summed E-state index contributed by atoms with van der Waals surface area (Å²) >= 11 is 0. The van der Waals surface area contributed by atoms with Gasteiger partial charge in [-0.15, -0.1) is 0 Å². The SMILES string of the molecule is CCCCCCCCC=CCC=CCC=CCCCC(=O)OC(COC(=O)CCCCCCCC=CCCCCCCCC)COP(=O)(O)OC1C(O)C(OP(=O)(O)O)C(OP(=O)(O)O)C(OP(=O)(O)O)C1O. The molecule has 26 heteroatoms. The van der Waals surface area contributed by atoms with E-state index in [1.165, 1.54) is 77.0 Å². The van der Waals surface area contributed by atoms with Crippen molar-refractivity contribution in [3.63, 3.8) is 0 Å². The number of unbranched alkanes of at least 4 members (excludes halogenated alkanes) is 18. The number of esters is 2. The normalized spacial score (nSPS) is 21.4. The molecule has 0 spiro atoms. The number of phosphoric acid groups is 4. The van der Waals surface area contributed by atoms with Crippen molar-refractivity contribution in [2.24, 2.45) is 0 Å². The number of carbonyl (C=O) groups is 2. The summed E-state index contributed by atoms with van der Waals surface area (Å²) < 4.78 is 82.2. The zero-order valence-corrected chi connectivity index (χ0v) is 46.2. The lowest BCUT2D eigenvalue weighted by atomic mass is 9.85. The van der Waals surface area contributed by atoms with Gasteiger partial charge in [0, 0.05) is 12.8 Å². The fourth-order valence-electron chi connectivity index (χ4n) is 7.62. The number of rotatable bonds is 44. The zero-order chi connectivity index (χ0) is 54.6. The van der Waals surface area contributed by atoms with Crippen molar-refractivity contribution in [2.45, 2.75) is 224 Å². The fourth-order valence-corrected chi connectivity index (χ4v) is 10.3. The number of allylic oxidation sites excluding steroid dienone is 8. The molecule has 0 aliphatic heterocycles. The summed E-state index contributed by atoms with van der Waals surface area (Å²) in [6.45, 7) is 2.71. The van der Waals surface area contributed by atoms with Crippen LogP contribution in [-0.4, -0.2) is 112 Å². The van der Waals surface area contributed by atoms with Crippen LogP contribution in [0.4, 0.5) is 0 Å². The van der Waals surface area contributed by atoms with Gasteiger partial charge in [-0.05, 0) is 70.6 Å². The van der Waals surface area contributed by atoms with Crippen LogP contribution in [0.25, 0.3) is 0 Å². The summed E-state index contributed by atoms with van der Waals surface area (Å²) in [5.74, 6) is -1.47. The minimum Gasteiger partial charge on any atom is -0.462 e. The summed E-state index contributed by atoms with van der Waals surface area (Å²) in [4.78, 5) is 92.9. The molecule has 426 valence electrons. The van der Waals surface area contributed by atoms with Gasteiger partial charge >= 0.3 is 43.2 Å². The van der Waals surface area contributed by atoms with Crippen molar-refractivity contribution in [1.29, 1.82) is 0 Å². The van der Waals surface area contributed by atoms with Crippen molar-refractivity contribution in [2.75, 3.05) is 13.2 Å². The van der Waals surface area contributed by atoms with Crippen LogP contribution < -0.4 is 0 Å². The first kappa shape index (κ1) is 69.3. The minimum absolute atomic E-state index is 0.0125. The second kappa shape index (κ2) is 39.6. The molecule has 6 atom stereocenters. The number of ether oxygens (including phenoxy) is 2. The zero-order valence-electron chi connectivity index (χ0n) is 42.6. The van der Waals surface area contributed by atoms with Gasteiger partial charge in [0.15, 0.2) is 6.10 Å². The monoisotopic (exact) mass is 1130 g/mol. The van der Waals surface area contributed by atoms with Gasteiger partial charge in [-0.2, -0.15) is 0 Å². The van der Waals surface area contributed by atoms with E-state index in [1.807, 2.05) is 18.2 Å². The van der Waals surface area contributed by atoms with E-state index in [4.69, 9.17) is 18.5 Å². The number of hydrogen-bond donors (Lipinski definition) is 9. The maximum Gasteiger partial charge on any atom is 0.472 e. The van der Waals surface area contributed by atoms with Gasteiger partial charge < -0.3 is 53.9 Å². The third-order valence-electron chi connectivity index (χ3n) is 11.3. The number of hydrogen-bond acceptors (Lipinski definition) is 15. The summed E-state index contributed by atoms with van der Waals surface area (Å²) in [6.07, 6.45) is 23.2. The molecule has 0 amide bonds. The van der Waals surface area contributed by atoms with Crippen LogP contribution in [-0.2, 0) is 59.9 Å². The highest BCUT2D eigenvalue weighted by atomic mass is 31.2. The molecule has 1 fully saturated rings. The Balaban J connectivity index is 2.91. The minimum atomic E-state index is -5.80. The molecule has 0 heterocycles. The van der Waals surface area contributed by atoms with Crippen LogP contribution in [0.5, 0.6) is 0 Å². The Labute approximate surface area is 431 Å². The van der Waals surface area contributed by atoms with Crippen molar-refractivity contribution in [3.8, 4) is 0 Å². The lowest BCUT2D eigenvalue weighted by molar-refractivity contribution is -0.209. The molecule has 0 radical (unpaired) electrons. The van der Waals surface area contributed by atoms with Crippen molar-refractivity contribution >= 4 is 43.2 Å². The summed E-state index contributed by atoms with van der Waals surface area (Å²) in [5.41, 5.74) is 0. The Morgan fingerprint density at radius 3 is 1.26 bits per heavy atom. The molecule has 73 heavy (non-hydrogen) atoms. The van der Waals surface area contributed by atoms with Crippen molar-refractivity contribution in [1.82, 2.24) is 0 Å². The lowest BCUT2D eigenvalue weighted by Crippen LogP contribution is -2.65. The first-order valence-electron chi connectivity index (χ1n) is 25.7. The van der Waals surface area contributed by atoms with Crippen LogP contribution in [0.15, 0.2) is 48.6 Å². The molecule has 6 unspecified atom stereocenters. The third-order valence-corrected chi connectivity index (χ3v) is 13.9.